The first-order valence-electron chi connectivity index (χ1n) is 8.34. The minimum atomic E-state index is -0.279. The van der Waals surface area contributed by atoms with Crippen molar-refractivity contribution in [2.75, 3.05) is 6.61 Å². The Bertz CT molecular complexity index is 865. The lowest BCUT2D eigenvalue weighted by Crippen LogP contribution is -2.43. The molecule has 0 spiro atoms. The second kappa shape index (κ2) is 7.39. The molecular formula is C20H21N3O3. The predicted molar refractivity (Wildman–Crippen MR) is 98.6 cm³/mol. The van der Waals surface area contributed by atoms with Gasteiger partial charge in [0.05, 0.1) is 0 Å². The van der Waals surface area contributed by atoms with Crippen molar-refractivity contribution in [2.24, 2.45) is 0 Å². The van der Waals surface area contributed by atoms with Crippen LogP contribution in [0.3, 0.4) is 0 Å². The molecule has 3 aromatic rings. The van der Waals surface area contributed by atoms with E-state index in [1.54, 1.807) is 12.1 Å². The summed E-state index contributed by atoms with van der Waals surface area (Å²) in [5.74, 6) is 1.41. The van der Waals surface area contributed by atoms with E-state index in [1.807, 2.05) is 63.2 Å². The fourth-order valence-corrected chi connectivity index (χ4v) is 2.34. The van der Waals surface area contributed by atoms with Crippen LogP contribution in [-0.2, 0) is 4.79 Å². The molecule has 1 amide bonds. The summed E-state index contributed by atoms with van der Waals surface area (Å²) in [4.78, 5) is 16.2. The number of aromatic nitrogens is 2. The molecule has 0 aliphatic carbocycles. The van der Waals surface area contributed by atoms with Gasteiger partial charge in [0.2, 0.25) is 5.82 Å². The summed E-state index contributed by atoms with van der Waals surface area (Å²) in [5, 5.41) is 6.86. The molecule has 1 aromatic heterocycles. The fraction of sp³-hybridized carbons (Fsp3) is 0.250. The van der Waals surface area contributed by atoms with Crippen LogP contribution in [0.4, 0.5) is 0 Å². The van der Waals surface area contributed by atoms with Crippen LogP contribution >= 0.6 is 0 Å². The van der Waals surface area contributed by atoms with Gasteiger partial charge in [-0.2, -0.15) is 4.98 Å². The smallest absolute Gasteiger partial charge is 0.258 e. The zero-order valence-corrected chi connectivity index (χ0v) is 15.0. The Balaban J connectivity index is 1.63. The van der Waals surface area contributed by atoms with E-state index in [2.05, 4.69) is 15.5 Å². The average Bonchev–Trinajstić information content (AvgIpc) is 3.10. The lowest BCUT2D eigenvalue weighted by Gasteiger charge is -2.20. The molecule has 0 bridgehead atoms. The summed E-state index contributed by atoms with van der Waals surface area (Å²) in [6, 6.07) is 16.8. The van der Waals surface area contributed by atoms with Gasteiger partial charge in [-0.25, -0.2) is 0 Å². The van der Waals surface area contributed by atoms with Crippen LogP contribution in [0.25, 0.3) is 22.8 Å². The molecule has 3 rings (SSSR count). The van der Waals surface area contributed by atoms with Crippen LogP contribution < -0.4 is 10.1 Å². The monoisotopic (exact) mass is 351 g/mol. The number of ether oxygens (including phenoxy) is 1. The first-order chi connectivity index (χ1) is 12.4. The summed E-state index contributed by atoms with van der Waals surface area (Å²) < 4.78 is 10.8. The van der Waals surface area contributed by atoms with Gasteiger partial charge in [-0.1, -0.05) is 35.5 Å². The molecule has 1 N–H and O–H groups in total. The largest absolute Gasteiger partial charge is 0.484 e. The summed E-state index contributed by atoms with van der Waals surface area (Å²) in [7, 11) is 0. The Morgan fingerprint density at radius 3 is 2.38 bits per heavy atom. The second-order valence-electron chi connectivity index (χ2n) is 6.90. The minimum Gasteiger partial charge on any atom is -0.484 e. The molecule has 0 atom stereocenters. The average molecular weight is 351 g/mol. The van der Waals surface area contributed by atoms with Crippen LogP contribution in [0.5, 0.6) is 5.75 Å². The molecule has 0 aliphatic heterocycles. The van der Waals surface area contributed by atoms with Crippen LogP contribution in [0.15, 0.2) is 59.1 Å². The molecule has 6 nitrogen and oxygen atoms in total. The van der Waals surface area contributed by atoms with Gasteiger partial charge >= 0.3 is 0 Å². The number of nitrogens with one attached hydrogen (secondary N) is 1. The molecule has 0 saturated carbocycles. The Morgan fingerprint density at radius 1 is 1.04 bits per heavy atom. The lowest BCUT2D eigenvalue weighted by atomic mass is 10.1. The maximum atomic E-state index is 11.8. The Hall–Kier alpha value is -3.15. The molecule has 0 aliphatic rings. The highest BCUT2D eigenvalue weighted by molar-refractivity contribution is 5.78. The topological polar surface area (TPSA) is 77.2 Å². The van der Waals surface area contributed by atoms with Crippen molar-refractivity contribution < 1.29 is 14.1 Å². The molecule has 0 radical (unpaired) electrons. The van der Waals surface area contributed by atoms with E-state index >= 15 is 0 Å². The van der Waals surface area contributed by atoms with Crippen molar-refractivity contribution in [3.63, 3.8) is 0 Å². The minimum absolute atomic E-state index is 0.0324. The van der Waals surface area contributed by atoms with Crippen molar-refractivity contribution in [1.82, 2.24) is 15.5 Å². The van der Waals surface area contributed by atoms with Gasteiger partial charge in [-0.3, -0.25) is 4.79 Å². The summed E-state index contributed by atoms with van der Waals surface area (Å²) >= 11 is 0. The molecular weight excluding hydrogens is 330 g/mol. The quantitative estimate of drug-likeness (QED) is 0.758. The highest BCUT2D eigenvalue weighted by atomic mass is 16.5. The first kappa shape index (κ1) is 17.7. The molecule has 0 fully saturated rings. The molecule has 0 saturated heterocycles. The van der Waals surface area contributed by atoms with Crippen LogP contribution in [0.2, 0.25) is 0 Å². The van der Waals surface area contributed by atoms with Gasteiger partial charge in [0, 0.05) is 16.7 Å². The third kappa shape index (κ3) is 4.69. The maximum Gasteiger partial charge on any atom is 0.258 e. The van der Waals surface area contributed by atoms with Crippen molar-refractivity contribution in [3.05, 3.63) is 54.6 Å². The van der Waals surface area contributed by atoms with Crippen LogP contribution in [0.1, 0.15) is 20.8 Å². The van der Waals surface area contributed by atoms with Gasteiger partial charge in [-0.15, -0.1) is 0 Å². The Kier molecular flexibility index (Phi) is 5.02. The SMILES string of the molecule is CC(C)(C)NC(=O)COc1ccc(-c2nc(-c3ccccc3)no2)cc1. The first-order valence-corrected chi connectivity index (χ1v) is 8.34. The van der Waals surface area contributed by atoms with Gasteiger partial charge < -0.3 is 14.6 Å². The van der Waals surface area contributed by atoms with Crippen LogP contribution in [-0.4, -0.2) is 28.2 Å². The molecule has 2 aromatic carbocycles. The number of carbonyl (C=O) groups excluding carboxylic acids is 1. The van der Waals surface area contributed by atoms with E-state index in [0.29, 0.717) is 17.5 Å². The zero-order valence-electron chi connectivity index (χ0n) is 15.0. The van der Waals surface area contributed by atoms with Crippen molar-refractivity contribution in [3.8, 4) is 28.6 Å². The van der Waals surface area contributed by atoms with Crippen molar-refractivity contribution in [1.29, 1.82) is 0 Å². The Labute approximate surface area is 152 Å². The van der Waals surface area contributed by atoms with Crippen molar-refractivity contribution >= 4 is 5.91 Å². The van der Waals surface area contributed by atoms with E-state index in [0.717, 1.165) is 11.1 Å². The standard InChI is InChI=1S/C20H21N3O3/c1-20(2,3)22-17(24)13-25-16-11-9-15(10-12-16)19-21-18(23-26-19)14-7-5-4-6-8-14/h4-12H,13H2,1-3H3,(H,22,24). The zero-order chi connectivity index (χ0) is 18.6. The summed E-state index contributed by atoms with van der Waals surface area (Å²) in [6.07, 6.45) is 0. The highest BCUT2D eigenvalue weighted by Crippen LogP contribution is 2.24. The number of nitrogens with zero attached hydrogens (tertiary/aromatic N) is 2. The molecule has 26 heavy (non-hydrogen) atoms. The maximum absolute atomic E-state index is 11.8. The molecule has 134 valence electrons. The normalized spacial score (nSPS) is 11.2. The number of hydrogen-bond donors (Lipinski definition) is 1. The molecule has 0 unspecified atom stereocenters. The lowest BCUT2D eigenvalue weighted by molar-refractivity contribution is -0.124. The van der Waals surface area contributed by atoms with Gasteiger partial charge in [0.25, 0.3) is 11.8 Å². The molecule has 6 heteroatoms. The summed E-state index contributed by atoms with van der Waals surface area (Å²) in [5.41, 5.74) is 1.40. The van der Waals surface area contributed by atoms with E-state index in [-0.39, 0.29) is 18.1 Å². The van der Waals surface area contributed by atoms with E-state index < -0.39 is 0 Å². The number of amides is 1. The van der Waals surface area contributed by atoms with E-state index in [9.17, 15) is 4.79 Å². The number of rotatable bonds is 5. The van der Waals surface area contributed by atoms with Crippen LogP contribution in [0, 0.1) is 0 Å². The van der Waals surface area contributed by atoms with E-state index in [4.69, 9.17) is 9.26 Å². The van der Waals surface area contributed by atoms with Crippen molar-refractivity contribution in [2.45, 2.75) is 26.3 Å². The number of benzene rings is 2. The number of carbonyl (C=O) groups is 1. The second-order valence-corrected chi connectivity index (χ2v) is 6.90. The van der Waals surface area contributed by atoms with Gasteiger partial charge in [-0.05, 0) is 45.0 Å². The Morgan fingerprint density at radius 2 is 1.73 bits per heavy atom. The van der Waals surface area contributed by atoms with E-state index in [1.165, 1.54) is 0 Å². The van der Waals surface area contributed by atoms with Gasteiger partial charge in [0.1, 0.15) is 5.75 Å². The third-order valence-corrected chi connectivity index (χ3v) is 3.44. The highest BCUT2D eigenvalue weighted by Gasteiger charge is 2.14. The third-order valence-electron chi connectivity index (χ3n) is 3.44. The molecule has 1 heterocycles. The summed E-state index contributed by atoms with van der Waals surface area (Å²) in [6.45, 7) is 5.74. The fourth-order valence-electron chi connectivity index (χ4n) is 2.34. The van der Waals surface area contributed by atoms with Gasteiger partial charge in [0.15, 0.2) is 6.61 Å². The predicted octanol–water partition coefficient (Wildman–Crippen LogP) is 3.70. The number of hydrogen-bond acceptors (Lipinski definition) is 5.